The van der Waals surface area contributed by atoms with E-state index in [0.29, 0.717) is 37.2 Å². The van der Waals surface area contributed by atoms with Crippen LogP contribution in [0.2, 0.25) is 0 Å². The lowest BCUT2D eigenvalue weighted by atomic mass is 10.1. The molecule has 1 aromatic carbocycles. The molecule has 0 spiro atoms. The summed E-state index contributed by atoms with van der Waals surface area (Å²) in [5.41, 5.74) is 6.22. The molecular weight excluding hydrogens is 266 g/mol. The summed E-state index contributed by atoms with van der Waals surface area (Å²) in [6, 6.07) is 9.35. The van der Waals surface area contributed by atoms with Gasteiger partial charge in [-0.1, -0.05) is 38.1 Å². The van der Waals surface area contributed by atoms with Crippen LogP contribution >= 0.6 is 0 Å². The molecule has 0 aliphatic heterocycles. The normalized spacial score (nSPS) is 11.0. The maximum atomic E-state index is 12.1. The Balaban J connectivity index is 1.96. The van der Waals surface area contributed by atoms with Crippen LogP contribution in [0, 0.1) is 5.92 Å². The van der Waals surface area contributed by atoms with Gasteiger partial charge in [0.25, 0.3) is 5.91 Å². The third kappa shape index (κ3) is 4.16. The van der Waals surface area contributed by atoms with Gasteiger partial charge < -0.3 is 15.8 Å². The lowest BCUT2D eigenvalue weighted by Gasteiger charge is -2.09. The Morgan fingerprint density at radius 3 is 2.90 bits per heavy atom. The van der Waals surface area contributed by atoms with Crippen LogP contribution in [0.4, 0.5) is 5.82 Å². The number of hydrogen-bond donors (Lipinski definition) is 2. The van der Waals surface area contributed by atoms with Gasteiger partial charge >= 0.3 is 0 Å². The van der Waals surface area contributed by atoms with Crippen LogP contribution in [0.3, 0.4) is 0 Å². The summed E-state index contributed by atoms with van der Waals surface area (Å²) in [5, 5.41) is 4.55. The Morgan fingerprint density at radius 1 is 1.38 bits per heavy atom. The van der Waals surface area contributed by atoms with Gasteiger partial charge in [0, 0.05) is 18.5 Å². The van der Waals surface area contributed by atoms with E-state index >= 15 is 0 Å². The quantitative estimate of drug-likeness (QED) is 0.799. The van der Waals surface area contributed by atoms with Crippen LogP contribution in [0.5, 0.6) is 0 Å². The highest BCUT2D eigenvalue weighted by Gasteiger charge is 2.10. The van der Waals surface area contributed by atoms with E-state index < -0.39 is 0 Å². The maximum Gasteiger partial charge on any atom is 0.270 e. The van der Waals surface area contributed by atoms with Crippen LogP contribution in [0.15, 0.2) is 30.3 Å². The highest BCUT2D eigenvalue weighted by Crippen LogP contribution is 2.19. The zero-order valence-corrected chi connectivity index (χ0v) is 12.4. The van der Waals surface area contributed by atoms with E-state index in [4.69, 9.17) is 10.5 Å². The molecule has 1 heterocycles. The number of carbonyl (C=O) groups excluding carboxylic acids is 1. The Kier molecular flexibility index (Phi) is 5.11. The van der Waals surface area contributed by atoms with Gasteiger partial charge in [0.05, 0.1) is 6.61 Å². The summed E-state index contributed by atoms with van der Waals surface area (Å²) < 4.78 is 5.42. The maximum absolute atomic E-state index is 12.1. The molecule has 112 valence electrons. The number of nitrogens with one attached hydrogen (secondary N) is 1. The van der Waals surface area contributed by atoms with E-state index in [2.05, 4.69) is 24.1 Å². The Morgan fingerprint density at radius 2 is 2.14 bits per heavy atom. The van der Waals surface area contributed by atoms with Crippen molar-refractivity contribution in [2.75, 3.05) is 25.5 Å². The van der Waals surface area contributed by atoms with Crippen LogP contribution < -0.4 is 11.1 Å². The molecule has 1 amide bonds. The standard InChI is InChI=1S/C16H21N3O2/c1-11(2)10-21-8-7-18-16(20)14-9-12-5-3-4-6-13(12)15(17)19-14/h3-6,9,11H,7-8,10H2,1-2H3,(H2,17,19)(H,18,20). The van der Waals surface area contributed by atoms with Crippen molar-refractivity contribution in [1.82, 2.24) is 10.3 Å². The van der Waals surface area contributed by atoms with Crippen molar-refractivity contribution in [3.05, 3.63) is 36.0 Å². The number of carbonyl (C=O) groups is 1. The van der Waals surface area contributed by atoms with Crippen molar-refractivity contribution in [2.24, 2.45) is 5.92 Å². The minimum absolute atomic E-state index is 0.236. The molecule has 5 heteroatoms. The molecule has 3 N–H and O–H groups in total. The van der Waals surface area contributed by atoms with Gasteiger partial charge in [-0.2, -0.15) is 0 Å². The van der Waals surface area contributed by atoms with E-state index in [1.54, 1.807) is 6.07 Å². The number of fused-ring (bicyclic) bond motifs is 1. The Labute approximate surface area is 124 Å². The molecule has 2 aromatic rings. The molecule has 0 unspecified atom stereocenters. The average Bonchev–Trinajstić information content (AvgIpc) is 2.46. The number of rotatable bonds is 6. The second-order valence-electron chi connectivity index (χ2n) is 5.34. The topological polar surface area (TPSA) is 77.2 Å². The van der Waals surface area contributed by atoms with Gasteiger partial charge in [0.2, 0.25) is 0 Å². The zero-order valence-electron chi connectivity index (χ0n) is 12.4. The fourth-order valence-electron chi connectivity index (χ4n) is 1.99. The average molecular weight is 287 g/mol. The van der Waals surface area contributed by atoms with E-state index in [-0.39, 0.29) is 5.91 Å². The van der Waals surface area contributed by atoms with E-state index in [1.165, 1.54) is 0 Å². The number of nitrogens with zero attached hydrogens (tertiary/aromatic N) is 1. The second-order valence-corrected chi connectivity index (χ2v) is 5.34. The summed E-state index contributed by atoms with van der Waals surface area (Å²) in [7, 11) is 0. The first-order valence-corrected chi connectivity index (χ1v) is 7.09. The van der Waals surface area contributed by atoms with E-state index in [1.807, 2.05) is 24.3 Å². The summed E-state index contributed by atoms with van der Waals surface area (Å²) in [4.78, 5) is 16.2. The molecule has 0 saturated heterocycles. The fraction of sp³-hybridized carbons (Fsp3) is 0.375. The molecular formula is C16H21N3O2. The highest BCUT2D eigenvalue weighted by atomic mass is 16.5. The van der Waals surface area contributed by atoms with Gasteiger partial charge in [-0.15, -0.1) is 0 Å². The molecule has 0 radical (unpaired) electrons. The summed E-state index contributed by atoms with van der Waals surface area (Å²) in [6.07, 6.45) is 0. The highest BCUT2D eigenvalue weighted by molar-refractivity contribution is 5.99. The number of aromatic nitrogens is 1. The van der Waals surface area contributed by atoms with Gasteiger partial charge in [0.15, 0.2) is 0 Å². The minimum atomic E-state index is -0.236. The van der Waals surface area contributed by atoms with Gasteiger partial charge in [-0.3, -0.25) is 4.79 Å². The first-order valence-electron chi connectivity index (χ1n) is 7.09. The molecule has 0 saturated carbocycles. The predicted octanol–water partition coefficient (Wildman–Crippen LogP) is 2.22. The van der Waals surface area contributed by atoms with E-state index in [0.717, 1.165) is 10.8 Å². The second kappa shape index (κ2) is 7.04. The van der Waals surface area contributed by atoms with Crippen LogP contribution in [-0.2, 0) is 4.74 Å². The first-order chi connectivity index (χ1) is 10.1. The minimum Gasteiger partial charge on any atom is -0.383 e. The number of anilines is 1. The lowest BCUT2D eigenvalue weighted by molar-refractivity contribution is 0.0882. The molecule has 5 nitrogen and oxygen atoms in total. The van der Waals surface area contributed by atoms with Crippen molar-refractivity contribution >= 4 is 22.5 Å². The largest absolute Gasteiger partial charge is 0.383 e. The third-order valence-electron chi connectivity index (χ3n) is 2.99. The molecule has 0 aliphatic rings. The van der Waals surface area contributed by atoms with Crippen LogP contribution in [-0.4, -0.2) is 30.6 Å². The predicted molar refractivity (Wildman–Crippen MR) is 84.1 cm³/mol. The summed E-state index contributed by atoms with van der Waals surface area (Å²) in [5.74, 6) is 0.623. The first kappa shape index (κ1) is 15.3. The molecule has 0 aliphatic carbocycles. The molecule has 0 bridgehead atoms. The smallest absolute Gasteiger partial charge is 0.270 e. The van der Waals surface area contributed by atoms with Gasteiger partial charge in [-0.25, -0.2) is 4.98 Å². The fourth-order valence-corrected chi connectivity index (χ4v) is 1.99. The third-order valence-corrected chi connectivity index (χ3v) is 2.99. The zero-order chi connectivity index (χ0) is 15.2. The Hall–Kier alpha value is -2.14. The lowest BCUT2D eigenvalue weighted by Crippen LogP contribution is -2.28. The molecule has 2 rings (SSSR count). The van der Waals surface area contributed by atoms with Gasteiger partial charge in [0.1, 0.15) is 11.5 Å². The Bertz CT molecular complexity index is 626. The number of nitrogens with two attached hydrogens (primary N) is 1. The number of hydrogen-bond acceptors (Lipinski definition) is 4. The van der Waals surface area contributed by atoms with Crippen LogP contribution in [0.1, 0.15) is 24.3 Å². The molecule has 1 aromatic heterocycles. The van der Waals surface area contributed by atoms with Crippen LogP contribution in [0.25, 0.3) is 10.8 Å². The number of pyridine rings is 1. The molecule has 0 atom stereocenters. The van der Waals surface area contributed by atoms with Crippen molar-refractivity contribution < 1.29 is 9.53 Å². The summed E-state index contributed by atoms with van der Waals surface area (Å²) in [6.45, 7) is 5.81. The SMILES string of the molecule is CC(C)COCCNC(=O)c1cc2ccccc2c(N)n1. The molecule has 21 heavy (non-hydrogen) atoms. The number of amides is 1. The molecule has 0 fully saturated rings. The number of nitrogen functional groups attached to an aromatic ring is 1. The van der Waals surface area contributed by atoms with Crippen molar-refractivity contribution in [3.8, 4) is 0 Å². The van der Waals surface area contributed by atoms with Crippen molar-refractivity contribution in [1.29, 1.82) is 0 Å². The van der Waals surface area contributed by atoms with Crippen molar-refractivity contribution in [3.63, 3.8) is 0 Å². The number of benzene rings is 1. The van der Waals surface area contributed by atoms with Crippen molar-refractivity contribution in [2.45, 2.75) is 13.8 Å². The van der Waals surface area contributed by atoms with Gasteiger partial charge in [-0.05, 0) is 17.4 Å². The summed E-state index contributed by atoms with van der Waals surface area (Å²) >= 11 is 0. The number of ether oxygens (including phenoxy) is 1. The monoisotopic (exact) mass is 287 g/mol. The van der Waals surface area contributed by atoms with E-state index in [9.17, 15) is 4.79 Å².